The number of rotatable bonds is 12. The Hall–Kier alpha value is -5.04. The number of carbonyl (C=O) groups is 1. The molecule has 0 radical (unpaired) electrons. The number of piperazine rings is 1. The highest BCUT2D eigenvalue weighted by Crippen LogP contribution is 2.43. The second-order valence-corrected chi connectivity index (χ2v) is 16.6. The SMILES string of the molecule is CC(C)Nc1ccc(SNC(=O)c2ccc(N3CCN(CC4=C(c5ccc(Cl)cc5)CC(C)(C)CC4)CC3)cc2Oc2cnc3[nH]ccc3c2)cc1[N+](=O)[O-]. The van der Waals surface area contributed by atoms with Crippen LogP contribution in [0.5, 0.6) is 11.5 Å². The molecule has 2 aliphatic rings. The summed E-state index contributed by atoms with van der Waals surface area (Å²) in [4.78, 5) is 38.1. The zero-order valence-electron chi connectivity index (χ0n) is 31.5. The van der Waals surface area contributed by atoms with E-state index in [4.69, 9.17) is 16.3 Å². The normalized spacial score (nSPS) is 16.1. The predicted octanol–water partition coefficient (Wildman–Crippen LogP) is 9.96. The first kappa shape index (κ1) is 38.2. The number of aromatic nitrogens is 2. The minimum absolute atomic E-state index is 0.0244. The monoisotopic (exact) mass is 779 g/mol. The molecule has 0 saturated carbocycles. The van der Waals surface area contributed by atoms with Gasteiger partial charge in [-0.3, -0.25) is 24.5 Å². The largest absolute Gasteiger partial charge is 0.455 e. The molecule has 5 aromatic rings. The van der Waals surface area contributed by atoms with Crippen molar-refractivity contribution in [2.75, 3.05) is 42.9 Å². The number of allylic oxidation sites excluding steroid dienone is 1. The van der Waals surface area contributed by atoms with Gasteiger partial charge in [-0.15, -0.1) is 0 Å². The first-order valence-corrected chi connectivity index (χ1v) is 19.8. The average molecular weight is 780 g/mol. The quantitative estimate of drug-likeness (QED) is 0.0644. The van der Waals surface area contributed by atoms with E-state index in [0.717, 1.165) is 79.3 Å². The molecule has 286 valence electrons. The van der Waals surface area contributed by atoms with E-state index < -0.39 is 4.92 Å². The highest BCUT2D eigenvalue weighted by atomic mass is 35.5. The molecule has 2 aromatic heterocycles. The van der Waals surface area contributed by atoms with Crippen LogP contribution in [0.15, 0.2) is 95.7 Å². The first-order chi connectivity index (χ1) is 26.4. The predicted molar refractivity (Wildman–Crippen MR) is 222 cm³/mol. The topological polar surface area (TPSA) is 129 Å². The van der Waals surface area contributed by atoms with Crippen molar-refractivity contribution in [1.82, 2.24) is 19.6 Å². The molecule has 0 bridgehead atoms. The Balaban J connectivity index is 1.08. The van der Waals surface area contributed by atoms with Crippen LogP contribution in [0.25, 0.3) is 16.6 Å². The van der Waals surface area contributed by atoms with Crippen molar-refractivity contribution in [3.05, 3.63) is 117 Å². The molecule has 1 saturated heterocycles. The third kappa shape index (κ3) is 9.26. The summed E-state index contributed by atoms with van der Waals surface area (Å²) in [6.07, 6.45) is 6.77. The fourth-order valence-corrected chi connectivity index (χ4v) is 8.05. The molecule has 3 aromatic carbocycles. The first-order valence-electron chi connectivity index (χ1n) is 18.6. The van der Waals surface area contributed by atoms with Gasteiger partial charge in [-0.25, -0.2) is 4.98 Å². The van der Waals surface area contributed by atoms with E-state index in [2.05, 4.69) is 55.8 Å². The van der Waals surface area contributed by atoms with Gasteiger partial charge in [0, 0.05) is 78.1 Å². The van der Waals surface area contributed by atoms with E-state index in [9.17, 15) is 14.9 Å². The number of amides is 1. The lowest BCUT2D eigenvalue weighted by molar-refractivity contribution is -0.384. The summed E-state index contributed by atoms with van der Waals surface area (Å²) in [6.45, 7) is 13.0. The standard InChI is InChI=1S/C42H46ClN7O4S/c1-27(2)46-37-12-10-34(23-38(37)50(52)53)55-47-41(51)35-11-9-32(22-39(35)54-33-21-29-14-16-44-40(29)45-25-33)49-19-17-48(18-20-49)26-30-13-15-42(3,4)24-36(30)28-5-7-31(43)8-6-28/h5-12,14,16,21-23,25,27,46H,13,15,17-20,24,26H2,1-4H3,(H,44,45)(H,47,51). The number of H-pyrrole nitrogens is 1. The Bertz CT molecular complexity index is 2230. The van der Waals surface area contributed by atoms with Crippen LogP contribution in [0.3, 0.4) is 0 Å². The lowest BCUT2D eigenvalue weighted by Gasteiger charge is -2.39. The van der Waals surface area contributed by atoms with Crippen molar-refractivity contribution in [2.24, 2.45) is 5.41 Å². The zero-order chi connectivity index (χ0) is 38.7. The number of ether oxygens (including phenoxy) is 1. The molecule has 1 fully saturated rings. The second-order valence-electron chi connectivity index (χ2n) is 15.3. The summed E-state index contributed by atoms with van der Waals surface area (Å²) in [5.41, 5.74) is 6.90. The molecule has 11 nitrogen and oxygen atoms in total. The van der Waals surface area contributed by atoms with Gasteiger partial charge in [0.2, 0.25) is 0 Å². The van der Waals surface area contributed by atoms with E-state index >= 15 is 0 Å². The molecule has 1 aliphatic carbocycles. The lowest BCUT2D eigenvalue weighted by Crippen LogP contribution is -2.47. The molecule has 0 unspecified atom stereocenters. The Morgan fingerprint density at radius 2 is 1.84 bits per heavy atom. The Morgan fingerprint density at radius 1 is 1.05 bits per heavy atom. The number of aromatic amines is 1. The van der Waals surface area contributed by atoms with E-state index in [-0.39, 0.29) is 23.1 Å². The number of halogens is 1. The van der Waals surface area contributed by atoms with Gasteiger partial charge >= 0.3 is 0 Å². The van der Waals surface area contributed by atoms with Crippen molar-refractivity contribution in [2.45, 2.75) is 57.9 Å². The van der Waals surface area contributed by atoms with Gasteiger partial charge in [0.05, 0.1) is 16.7 Å². The van der Waals surface area contributed by atoms with Crippen LogP contribution < -0.4 is 19.7 Å². The smallest absolute Gasteiger partial charge is 0.293 e. The number of pyridine rings is 1. The number of fused-ring (bicyclic) bond motifs is 1. The summed E-state index contributed by atoms with van der Waals surface area (Å²) >= 11 is 7.26. The third-order valence-corrected chi connectivity index (χ3v) is 11.2. The van der Waals surface area contributed by atoms with Gasteiger partial charge in [0.15, 0.2) is 0 Å². The molecule has 0 atom stereocenters. The van der Waals surface area contributed by atoms with Crippen molar-refractivity contribution >= 4 is 63.1 Å². The Labute approximate surface area is 330 Å². The molecule has 1 aliphatic heterocycles. The maximum absolute atomic E-state index is 13.7. The molecule has 3 heterocycles. The third-order valence-electron chi connectivity index (χ3n) is 10.2. The van der Waals surface area contributed by atoms with Crippen molar-refractivity contribution in [3.8, 4) is 11.5 Å². The average Bonchev–Trinajstić information content (AvgIpc) is 3.63. The minimum Gasteiger partial charge on any atom is -0.455 e. The number of nitro groups is 1. The number of benzene rings is 3. The summed E-state index contributed by atoms with van der Waals surface area (Å²) in [5, 5.41) is 16.5. The van der Waals surface area contributed by atoms with Gasteiger partial charge in [-0.05, 0) is 110 Å². The molecule has 13 heteroatoms. The van der Waals surface area contributed by atoms with Crippen LogP contribution in [0.1, 0.15) is 62.9 Å². The van der Waals surface area contributed by atoms with Gasteiger partial charge in [0.1, 0.15) is 22.8 Å². The van der Waals surface area contributed by atoms with Crippen molar-refractivity contribution in [3.63, 3.8) is 0 Å². The van der Waals surface area contributed by atoms with Crippen molar-refractivity contribution in [1.29, 1.82) is 0 Å². The lowest BCUT2D eigenvalue weighted by atomic mass is 9.72. The van der Waals surface area contributed by atoms with Crippen LogP contribution >= 0.6 is 23.5 Å². The summed E-state index contributed by atoms with van der Waals surface area (Å²) in [6, 6.07) is 22.6. The Morgan fingerprint density at radius 3 is 2.58 bits per heavy atom. The minimum atomic E-state index is -0.428. The molecule has 7 rings (SSSR count). The van der Waals surface area contributed by atoms with Crippen LogP contribution in [0, 0.1) is 15.5 Å². The van der Waals surface area contributed by atoms with Gasteiger partial charge < -0.3 is 19.9 Å². The van der Waals surface area contributed by atoms with Crippen LogP contribution in [-0.2, 0) is 0 Å². The highest BCUT2D eigenvalue weighted by molar-refractivity contribution is 7.98. The van der Waals surface area contributed by atoms with E-state index in [0.29, 0.717) is 27.6 Å². The van der Waals surface area contributed by atoms with E-state index in [1.807, 2.05) is 56.4 Å². The fraction of sp³-hybridized carbons (Fsp3) is 0.333. The molecular weight excluding hydrogens is 734 g/mol. The maximum Gasteiger partial charge on any atom is 0.293 e. The van der Waals surface area contributed by atoms with Crippen LogP contribution in [-0.4, -0.2) is 64.5 Å². The fourth-order valence-electron chi connectivity index (χ4n) is 7.30. The van der Waals surface area contributed by atoms with E-state index in [1.165, 1.54) is 29.2 Å². The number of carbonyl (C=O) groups excluding carboxylic acids is 1. The molecule has 55 heavy (non-hydrogen) atoms. The number of hydrogen-bond donors (Lipinski definition) is 3. The number of anilines is 2. The zero-order valence-corrected chi connectivity index (χ0v) is 33.1. The summed E-state index contributed by atoms with van der Waals surface area (Å²) < 4.78 is 9.26. The molecule has 0 spiro atoms. The number of nitrogens with zero attached hydrogens (tertiary/aromatic N) is 4. The van der Waals surface area contributed by atoms with Gasteiger partial charge in [-0.2, -0.15) is 0 Å². The number of nitrogens with one attached hydrogen (secondary N) is 3. The summed E-state index contributed by atoms with van der Waals surface area (Å²) in [7, 11) is 0. The molecular formula is C42H46ClN7O4S. The van der Waals surface area contributed by atoms with Gasteiger partial charge in [0.25, 0.3) is 11.6 Å². The second kappa shape index (κ2) is 16.4. The molecule has 3 N–H and O–H groups in total. The van der Waals surface area contributed by atoms with Crippen molar-refractivity contribution < 1.29 is 14.5 Å². The maximum atomic E-state index is 13.7. The number of hydrogen-bond acceptors (Lipinski definition) is 9. The van der Waals surface area contributed by atoms with Crippen LogP contribution in [0.4, 0.5) is 17.1 Å². The molecule has 1 amide bonds. The summed E-state index contributed by atoms with van der Waals surface area (Å²) in [5.74, 6) is 0.499. The number of nitro benzene ring substituents is 1. The highest BCUT2D eigenvalue weighted by Gasteiger charge is 2.30. The van der Waals surface area contributed by atoms with E-state index in [1.54, 1.807) is 24.4 Å². The van der Waals surface area contributed by atoms with Gasteiger partial charge in [-0.1, -0.05) is 43.2 Å². The van der Waals surface area contributed by atoms with Crippen LogP contribution in [0.2, 0.25) is 5.02 Å². The Kier molecular flexibility index (Phi) is 11.4.